The first-order chi connectivity index (χ1) is 6.26. The second kappa shape index (κ2) is 4.48. The number of aromatic nitrogens is 2. The lowest BCUT2D eigenvalue weighted by Gasteiger charge is -2.04. The fraction of sp³-hybridized carbons (Fsp3) is 0.300. The van der Waals surface area contributed by atoms with Gasteiger partial charge in [0.2, 0.25) is 0 Å². The normalized spacial score (nSPS) is 12.0. The van der Waals surface area contributed by atoms with Crippen molar-refractivity contribution in [1.82, 2.24) is 15.1 Å². The second-order valence-corrected chi connectivity index (χ2v) is 2.78. The molecule has 0 radical (unpaired) electrons. The molecule has 3 heteroatoms. The number of terminal acetylenes is 1. The summed E-state index contributed by atoms with van der Waals surface area (Å²) in [6.07, 6.45) is 10.6. The first kappa shape index (κ1) is 9.56. The quantitative estimate of drug-likeness (QED) is 0.694. The average Bonchev–Trinajstić information content (AvgIpc) is 2.61. The summed E-state index contributed by atoms with van der Waals surface area (Å²) in [6, 6.07) is 0.0899. The van der Waals surface area contributed by atoms with E-state index < -0.39 is 0 Å². The van der Waals surface area contributed by atoms with E-state index in [1.165, 1.54) is 0 Å². The fourth-order valence-electron chi connectivity index (χ4n) is 0.898. The molecule has 1 rings (SSSR count). The van der Waals surface area contributed by atoms with Crippen molar-refractivity contribution in [2.45, 2.75) is 19.5 Å². The van der Waals surface area contributed by atoms with Gasteiger partial charge in [0.1, 0.15) is 0 Å². The lowest BCUT2D eigenvalue weighted by Crippen LogP contribution is -2.23. The third kappa shape index (κ3) is 2.77. The van der Waals surface area contributed by atoms with Gasteiger partial charge in [-0.2, -0.15) is 5.10 Å². The molecule has 0 fully saturated rings. The van der Waals surface area contributed by atoms with Gasteiger partial charge in [0.05, 0.1) is 12.2 Å². The third-order valence-electron chi connectivity index (χ3n) is 1.70. The summed E-state index contributed by atoms with van der Waals surface area (Å²) in [4.78, 5) is 0. The van der Waals surface area contributed by atoms with Gasteiger partial charge in [0.15, 0.2) is 0 Å². The molecule has 1 unspecified atom stereocenters. The van der Waals surface area contributed by atoms with Gasteiger partial charge in [0.25, 0.3) is 0 Å². The van der Waals surface area contributed by atoms with E-state index in [1.807, 2.05) is 13.1 Å². The van der Waals surface area contributed by atoms with E-state index in [9.17, 15) is 0 Å². The molecule has 0 saturated carbocycles. The van der Waals surface area contributed by atoms with Crippen molar-refractivity contribution in [2.24, 2.45) is 0 Å². The SMILES string of the molecule is C#CC(C)NCc1cnn(C=C)c1. The highest BCUT2D eigenvalue weighted by molar-refractivity contribution is 5.17. The Balaban J connectivity index is 2.46. The highest BCUT2D eigenvalue weighted by Gasteiger charge is 1.98. The molecular formula is C10H13N3. The van der Waals surface area contributed by atoms with Crippen LogP contribution in [0.15, 0.2) is 19.0 Å². The van der Waals surface area contributed by atoms with Crippen LogP contribution in [0.3, 0.4) is 0 Å². The molecule has 13 heavy (non-hydrogen) atoms. The van der Waals surface area contributed by atoms with Crippen molar-refractivity contribution in [3.63, 3.8) is 0 Å². The number of nitrogens with zero attached hydrogens (tertiary/aromatic N) is 2. The lowest BCUT2D eigenvalue weighted by molar-refractivity contribution is 0.648. The van der Waals surface area contributed by atoms with Crippen LogP contribution >= 0.6 is 0 Å². The Hall–Kier alpha value is -1.53. The predicted molar refractivity (Wildman–Crippen MR) is 53.7 cm³/mol. The second-order valence-electron chi connectivity index (χ2n) is 2.78. The molecular weight excluding hydrogens is 162 g/mol. The van der Waals surface area contributed by atoms with Gasteiger partial charge in [-0.25, -0.2) is 4.68 Å². The maximum atomic E-state index is 5.22. The van der Waals surface area contributed by atoms with Crippen molar-refractivity contribution < 1.29 is 0 Å². The summed E-state index contributed by atoms with van der Waals surface area (Å²) in [5, 5.41) is 7.21. The Labute approximate surface area is 78.5 Å². The van der Waals surface area contributed by atoms with Gasteiger partial charge in [-0.15, -0.1) is 6.42 Å². The zero-order chi connectivity index (χ0) is 9.68. The Bertz CT molecular complexity index is 319. The summed E-state index contributed by atoms with van der Waals surface area (Å²) in [7, 11) is 0. The van der Waals surface area contributed by atoms with Crippen LogP contribution in [0.1, 0.15) is 12.5 Å². The molecule has 0 bridgehead atoms. The number of nitrogens with one attached hydrogen (secondary N) is 1. The van der Waals surface area contributed by atoms with Gasteiger partial charge in [-0.1, -0.05) is 12.5 Å². The van der Waals surface area contributed by atoms with E-state index >= 15 is 0 Å². The monoisotopic (exact) mass is 175 g/mol. The van der Waals surface area contributed by atoms with Crippen LogP contribution in [0, 0.1) is 12.3 Å². The molecule has 0 aromatic carbocycles. The summed E-state index contributed by atoms with van der Waals surface area (Å²) in [5.41, 5.74) is 1.10. The Morgan fingerprint density at radius 2 is 2.69 bits per heavy atom. The summed E-state index contributed by atoms with van der Waals surface area (Å²) in [5.74, 6) is 2.60. The van der Waals surface area contributed by atoms with Gasteiger partial charge in [-0.05, 0) is 6.92 Å². The van der Waals surface area contributed by atoms with E-state index in [2.05, 4.69) is 22.9 Å². The average molecular weight is 175 g/mol. The minimum atomic E-state index is 0.0899. The molecule has 1 aromatic rings. The van der Waals surface area contributed by atoms with Crippen molar-refractivity contribution in [3.8, 4) is 12.3 Å². The van der Waals surface area contributed by atoms with Crippen molar-refractivity contribution in [2.75, 3.05) is 0 Å². The number of hydrogen-bond donors (Lipinski definition) is 1. The summed E-state index contributed by atoms with van der Waals surface area (Å²) in [6.45, 7) is 6.28. The smallest absolute Gasteiger partial charge is 0.0660 e. The fourth-order valence-corrected chi connectivity index (χ4v) is 0.898. The van der Waals surface area contributed by atoms with Crippen LogP contribution in [0.4, 0.5) is 0 Å². The van der Waals surface area contributed by atoms with E-state index in [4.69, 9.17) is 6.42 Å². The molecule has 1 N–H and O–H groups in total. The maximum absolute atomic E-state index is 5.22. The first-order valence-corrected chi connectivity index (χ1v) is 4.11. The zero-order valence-electron chi connectivity index (χ0n) is 7.70. The molecule has 0 saturated heterocycles. The zero-order valence-corrected chi connectivity index (χ0v) is 7.70. The molecule has 1 heterocycles. The number of hydrogen-bond acceptors (Lipinski definition) is 2. The molecule has 0 spiro atoms. The Morgan fingerprint density at radius 3 is 3.23 bits per heavy atom. The van der Waals surface area contributed by atoms with Crippen LogP contribution < -0.4 is 5.32 Å². The lowest BCUT2D eigenvalue weighted by atomic mass is 10.3. The van der Waals surface area contributed by atoms with Crippen LogP contribution in [0.5, 0.6) is 0 Å². The largest absolute Gasteiger partial charge is 0.300 e. The molecule has 1 atom stereocenters. The molecule has 0 amide bonds. The Morgan fingerprint density at radius 1 is 1.92 bits per heavy atom. The molecule has 0 aliphatic rings. The van der Waals surface area contributed by atoms with Crippen molar-refractivity contribution in [3.05, 3.63) is 24.5 Å². The van der Waals surface area contributed by atoms with Crippen molar-refractivity contribution >= 4 is 6.20 Å². The summed E-state index contributed by atoms with van der Waals surface area (Å²) < 4.78 is 1.66. The van der Waals surface area contributed by atoms with Crippen LogP contribution in [0.25, 0.3) is 6.20 Å². The minimum absolute atomic E-state index is 0.0899. The van der Waals surface area contributed by atoms with Gasteiger partial charge < -0.3 is 0 Å². The topological polar surface area (TPSA) is 29.9 Å². The molecule has 68 valence electrons. The van der Waals surface area contributed by atoms with Gasteiger partial charge in [0, 0.05) is 24.5 Å². The maximum Gasteiger partial charge on any atom is 0.0660 e. The van der Waals surface area contributed by atoms with Gasteiger partial charge in [-0.3, -0.25) is 5.32 Å². The van der Waals surface area contributed by atoms with Gasteiger partial charge >= 0.3 is 0 Å². The highest BCUT2D eigenvalue weighted by atomic mass is 15.2. The van der Waals surface area contributed by atoms with E-state index in [1.54, 1.807) is 17.1 Å². The molecule has 1 aromatic heterocycles. The number of rotatable bonds is 4. The molecule has 3 nitrogen and oxygen atoms in total. The van der Waals surface area contributed by atoms with E-state index in [0.717, 1.165) is 12.1 Å². The molecule has 0 aliphatic heterocycles. The van der Waals surface area contributed by atoms with Crippen LogP contribution in [0.2, 0.25) is 0 Å². The van der Waals surface area contributed by atoms with Crippen LogP contribution in [-0.4, -0.2) is 15.8 Å². The summed E-state index contributed by atoms with van der Waals surface area (Å²) >= 11 is 0. The predicted octanol–water partition coefficient (Wildman–Crippen LogP) is 1.09. The highest BCUT2D eigenvalue weighted by Crippen LogP contribution is 1.97. The van der Waals surface area contributed by atoms with E-state index in [-0.39, 0.29) is 6.04 Å². The van der Waals surface area contributed by atoms with Crippen molar-refractivity contribution in [1.29, 1.82) is 0 Å². The van der Waals surface area contributed by atoms with Crippen LogP contribution in [-0.2, 0) is 6.54 Å². The third-order valence-corrected chi connectivity index (χ3v) is 1.70. The standard InChI is InChI=1S/C10H13N3/c1-4-9(3)11-6-10-7-12-13(5-2)8-10/h1,5,7-9,11H,2,6H2,3H3. The Kier molecular flexibility index (Phi) is 3.30. The first-order valence-electron chi connectivity index (χ1n) is 4.11. The minimum Gasteiger partial charge on any atom is -0.300 e. The van der Waals surface area contributed by atoms with E-state index in [0.29, 0.717) is 0 Å². The molecule has 0 aliphatic carbocycles.